The molecule has 6 heteroatoms. The summed E-state index contributed by atoms with van der Waals surface area (Å²) in [5.74, 6) is -0.742. The number of nitrogens with one attached hydrogen (secondary N) is 2. The molecule has 0 aliphatic carbocycles. The average molecular weight is 303 g/mol. The first-order valence-electron chi connectivity index (χ1n) is 6.33. The predicted molar refractivity (Wildman–Crippen MR) is 77.1 cm³/mol. The molecule has 1 aromatic rings. The van der Waals surface area contributed by atoms with Crippen molar-refractivity contribution in [2.45, 2.75) is 32.4 Å². The highest BCUT2D eigenvalue weighted by atomic mass is 35.5. The number of carbonyl (C=O) groups is 1. The third kappa shape index (κ3) is 5.45. The van der Waals surface area contributed by atoms with Crippen LogP contribution in [0.2, 0.25) is 5.02 Å². The molecular weight excluding hydrogens is 283 g/mol. The quantitative estimate of drug-likeness (QED) is 0.780. The summed E-state index contributed by atoms with van der Waals surface area (Å²) in [7, 11) is 0. The molecule has 1 rings (SSSR count). The van der Waals surface area contributed by atoms with E-state index in [1.165, 1.54) is 12.1 Å². The molecule has 1 atom stereocenters. The fraction of sp³-hybridized carbons (Fsp3) is 0.500. The maximum absolute atomic E-state index is 13.4. The molecule has 0 saturated heterocycles. The van der Waals surface area contributed by atoms with E-state index in [1.54, 1.807) is 6.07 Å². The zero-order chi connectivity index (χ0) is 15.3. The fourth-order valence-electron chi connectivity index (χ4n) is 1.70. The zero-order valence-electron chi connectivity index (χ0n) is 11.8. The van der Waals surface area contributed by atoms with Crippen molar-refractivity contribution in [3.63, 3.8) is 0 Å². The largest absolute Gasteiger partial charge is 0.394 e. The SMILES string of the molecule is CC(C)(C)NC(=O)CN[C@@H](CO)c1ccc(Cl)c(F)c1. The molecule has 0 saturated carbocycles. The van der Waals surface area contributed by atoms with Crippen molar-refractivity contribution < 1.29 is 14.3 Å². The minimum Gasteiger partial charge on any atom is -0.394 e. The van der Waals surface area contributed by atoms with Crippen LogP contribution in [0.5, 0.6) is 0 Å². The minimum atomic E-state index is -0.552. The van der Waals surface area contributed by atoms with E-state index in [-0.39, 0.29) is 29.6 Å². The van der Waals surface area contributed by atoms with E-state index >= 15 is 0 Å². The van der Waals surface area contributed by atoms with Crippen LogP contribution >= 0.6 is 11.6 Å². The summed E-state index contributed by atoms with van der Waals surface area (Å²) in [6.45, 7) is 5.42. The van der Waals surface area contributed by atoms with Gasteiger partial charge < -0.3 is 10.4 Å². The third-order valence-electron chi connectivity index (χ3n) is 2.55. The van der Waals surface area contributed by atoms with E-state index < -0.39 is 11.9 Å². The molecule has 0 aromatic heterocycles. The summed E-state index contributed by atoms with van der Waals surface area (Å²) < 4.78 is 13.4. The van der Waals surface area contributed by atoms with E-state index in [1.807, 2.05) is 20.8 Å². The van der Waals surface area contributed by atoms with E-state index in [4.69, 9.17) is 11.6 Å². The Labute approximate surface area is 123 Å². The van der Waals surface area contributed by atoms with Crippen molar-refractivity contribution in [2.24, 2.45) is 0 Å². The van der Waals surface area contributed by atoms with E-state index in [9.17, 15) is 14.3 Å². The first-order valence-corrected chi connectivity index (χ1v) is 6.71. The van der Waals surface area contributed by atoms with Gasteiger partial charge in [-0.15, -0.1) is 0 Å². The predicted octanol–water partition coefficient (Wildman–Crippen LogP) is 2.02. The number of carbonyl (C=O) groups excluding carboxylic acids is 1. The molecule has 0 heterocycles. The Bertz CT molecular complexity index is 475. The Morgan fingerprint density at radius 2 is 2.10 bits per heavy atom. The Morgan fingerprint density at radius 1 is 1.45 bits per heavy atom. The van der Waals surface area contributed by atoms with Crippen LogP contribution in [0.25, 0.3) is 0 Å². The Balaban J connectivity index is 2.63. The van der Waals surface area contributed by atoms with Gasteiger partial charge >= 0.3 is 0 Å². The number of hydrogen-bond donors (Lipinski definition) is 3. The molecule has 1 aromatic carbocycles. The van der Waals surface area contributed by atoms with E-state index in [0.29, 0.717) is 5.56 Å². The maximum Gasteiger partial charge on any atom is 0.234 e. The summed E-state index contributed by atoms with van der Waals surface area (Å²) in [4.78, 5) is 11.7. The van der Waals surface area contributed by atoms with Crippen molar-refractivity contribution in [1.29, 1.82) is 0 Å². The maximum atomic E-state index is 13.4. The molecule has 0 radical (unpaired) electrons. The smallest absolute Gasteiger partial charge is 0.234 e. The molecule has 0 spiro atoms. The van der Waals surface area contributed by atoms with Crippen LogP contribution in [-0.2, 0) is 4.79 Å². The normalized spacial score (nSPS) is 13.1. The molecule has 112 valence electrons. The van der Waals surface area contributed by atoms with Crippen LogP contribution < -0.4 is 10.6 Å². The second kappa shape index (κ2) is 7.02. The lowest BCUT2D eigenvalue weighted by Gasteiger charge is -2.22. The van der Waals surface area contributed by atoms with Crippen LogP contribution in [0, 0.1) is 5.82 Å². The Kier molecular flexibility index (Phi) is 5.92. The number of aliphatic hydroxyl groups excluding tert-OH is 1. The van der Waals surface area contributed by atoms with Crippen molar-refractivity contribution in [1.82, 2.24) is 10.6 Å². The summed E-state index contributed by atoms with van der Waals surface area (Å²) in [5.41, 5.74) is 0.220. The summed E-state index contributed by atoms with van der Waals surface area (Å²) >= 11 is 5.61. The summed E-state index contributed by atoms with van der Waals surface area (Å²) in [5, 5.41) is 15.0. The standard InChI is InChI=1S/C14H20ClFN2O2/c1-14(2,3)18-13(20)7-17-12(8-19)9-4-5-10(15)11(16)6-9/h4-6,12,17,19H,7-8H2,1-3H3,(H,18,20)/t12-/m0/s1. The minimum absolute atomic E-state index is 0.0240. The molecular formula is C14H20ClFN2O2. The summed E-state index contributed by atoms with van der Waals surface area (Å²) in [6, 6.07) is 3.76. The fourth-order valence-corrected chi connectivity index (χ4v) is 1.81. The molecule has 0 fully saturated rings. The van der Waals surface area contributed by atoms with Gasteiger partial charge in [0.1, 0.15) is 5.82 Å². The van der Waals surface area contributed by atoms with Gasteiger partial charge in [-0.05, 0) is 38.5 Å². The number of aliphatic hydroxyl groups is 1. The second-order valence-electron chi connectivity index (χ2n) is 5.59. The van der Waals surface area contributed by atoms with E-state index in [0.717, 1.165) is 0 Å². The van der Waals surface area contributed by atoms with Gasteiger partial charge in [-0.2, -0.15) is 0 Å². The van der Waals surface area contributed by atoms with Crippen molar-refractivity contribution >= 4 is 17.5 Å². The van der Waals surface area contributed by atoms with Crippen LogP contribution in [-0.4, -0.2) is 29.7 Å². The van der Waals surface area contributed by atoms with Crippen LogP contribution in [0.3, 0.4) is 0 Å². The molecule has 0 aliphatic heterocycles. The Hall–Kier alpha value is -1.17. The Morgan fingerprint density at radius 3 is 2.60 bits per heavy atom. The van der Waals surface area contributed by atoms with Crippen LogP contribution in [0.4, 0.5) is 4.39 Å². The zero-order valence-corrected chi connectivity index (χ0v) is 12.6. The highest BCUT2D eigenvalue weighted by Gasteiger charge is 2.16. The molecule has 0 bridgehead atoms. The van der Waals surface area contributed by atoms with Gasteiger partial charge in [0.15, 0.2) is 0 Å². The third-order valence-corrected chi connectivity index (χ3v) is 2.86. The number of hydrogen-bond acceptors (Lipinski definition) is 3. The molecule has 20 heavy (non-hydrogen) atoms. The molecule has 4 nitrogen and oxygen atoms in total. The van der Waals surface area contributed by atoms with Crippen molar-refractivity contribution in [3.8, 4) is 0 Å². The monoisotopic (exact) mass is 302 g/mol. The molecule has 1 amide bonds. The van der Waals surface area contributed by atoms with Crippen LogP contribution in [0.1, 0.15) is 32.4 Å². The summed E-state index contributed by atoms with van der Waals surface area (Å²) in [6.07, 6.45) is 0. The van der Waals surface area contributed by atoms with Gasteiger partial charge in [0.25, 0.3) is 0 Å². The van der Waals surface area contributed by atoms with Crippen molar-refractivity contribution in [3.05, 3.63) is 34.6 Å². The topological polar surface area (TPSA) is 61.4 Å². The van der Waals surface area contributed by atoms with Crippen LogP contribution in [0.15, 0.2) is 18.2 Å². The highest BCUT2D eigenvalue weighted by Crippen LogP contribution is 2.20. The second-order valence-corrected chi connectivity index (χ2v) is 5.99. The highest BCUT2D eigenvalue weighted by molar-refractivity contribution is 6.30. The first kappa shape index (κ1) is 16.9. The molecule has 0 unspecified atom stereocenters. The number of rotatable bonds is 5. The van der Waals surface area contributed by atoms with Gasteiger partial charge in [0.2, 0.25) is 5.91 Å². The van der Waals surface area contributed by atoms with Gasteiger partial charge in [0.05, 0.1) is 24.2 Å². The molecule has 0 aliphatic rings. The number of benzene rings is 1. The lowest BCUT2D eigenvalue weighted by molar-refractivity contribution is -0.121. The molecule has 3 N–H and O–H groups in total. The lowest BCUT2D eigenvalue weighted by atomic mass is 10.1. The van der Waals surface area contributed by atoms with E-state index in [2.05, 4.69) is 10.6 Å². The average Bonchev–Trinajstić information content (AvgIpc) is 2.32. The van der Waals surface area contributed by atoms with Gasteiger partial charge in [-0.3, -0.25) is 10.1 Å². The number of halogens is 2. The van der Waals surface area contributed by atoms with Gasteiger partial charge in [-0.25, -0.2) is 4.39 Å². The van der Waals surface area contributed by atoms with Gasteiger partial charge in [0, 0.05) is 5.54 Å². The van der Waals surface area contributed by atoms with Crippen molar-refractivity contribution in [2.75, 3.05) is 13.2 Å². The first-order chi connectivity index (χ1) is 9.23. The van der Waals surface area contributed by atoms with Gasteiger partial charge in [-0.1, -0.05) is 17.7 Å². The lowest BCUT2D eigenvalue weighted by Crippen LogP contribution is -2.45. The number of amides is 1.